The second-order valence-electron chi connectivity index (χ2n) is 2.55. The van der Waals surface area contributed by atoms with Crippen LogP contribution in [0.3, 0.4) is 0 Å². The van der Waals surface area contributed by atoms with Crippen LogP contribution in [0, 0.1) is 0 Å². The summed E-state index contributed by atoms with van der Waals surface area (Å²) in [5.41, 5.74) is 1.09. The van der Waals surface area contributed by atoms with E-state index in [1.165, 1.54) is 0 Å². The largest absolute Gasteiger partial charge is 0.495 e. The van der Waals surface area contributed by atoms with Gasteiger partial charge in [-0.15, -0.1) is 0 Å². The Bertz CT molecular complexity index is 408. The van der Waals surface area contributed by atoms with Gasteiger partial charge in [-0.2, -0.15) is 0 Å². The molecule has 2 rings (SSSR count). The number of hydrogen-bond donors (Lipinski definition) is 1. The molecule has 0 aliphatic carbocycles. The van der Waals surface area contributed by atoms with Crippen LogP contribution in [0.4, 0.5) is 0 Å². The smallest absolute Gasteiger partial charge is 0.144 e. The maximum atomic E-state index is 5.17. The molecule has 0 aliphatic heterocycles. The molecule has 2 nitrogen and oxygen atoms in total. The summed E-state index contributed by atoms with van der Waals surface area (Å²) in [6, 6.07) is 6.05. The minimum absolute atomic E-state index is 0.881. The normalized spacial score (nSPS) is 10.5. The molecular formula is C9H8BrNO. The minimum Gasteiger partial charge on any atom is -0.495 e. The van der Waals surface area contributed by atoms with Gasteiger partial charge in [-0.1, -0.05) is 15.9 Å². The van der Waals surface area contributed by atoms with Crippen LogP contribution in [-0.4, -0.2) is 12.1 Å². The Morgan fingerprint density at radius 2 is 2.25 bits per heavy atom. The van der Waals surface area contributed by atoms with Crippen molar-refractivity contribution in [1.29, 1.82) is 0 Å². The number of aromatic nitrogens is 1. The first-order chi connectivity index (χ1) is 5.81. The number of hydrogen-bond acceptors (Lipinski definition) is 1. The summed E-state index contributed by atoms with van der Waals surface area (Å²) in [7, 11) is 1.67. The van der Waals surface area contributed by atoms with Crippen molar-refractivity contribution in [2.45, 2.75) is 0 Å². The van der Waals surface area contributed by atoms with Crippen molar-refractivity contribution in [2.24, 2.45) is 0 Å². The zero-order valence-electron chi connectivity index (χ0n) is 6.60. The molecule has 1 aromatic heterocycles. The summed E-state index contributed by atoms with van der Waals surface area (Å²) >= 11 is 3.41. The number of nitrogens with one attached hydrogen (secondary N) is 1. The molecule has 1 aromatic carbocycles. The van der Waals surface area contributed by atoms with Crippen molar-refractivity contribution < 1.29 is 4.74 Å². The van der Waals surface area contributed by atoms with E-state index in [4.69, 9.17) is 4.74 Å². The van der Waals surface area contributed by atoms with Gasteiger partial charge in [-0.25, -0.2) is 0 Å². The number of aromatic amines is 1. The number of H-pyrrole nitrogens is 1. The summed E-state index contributed by atoms with van der Waals surface area (Å²) in [5.74, 6) is 0.881. The number of methoxy groups -OCH3 is 1. The number of ether oxygens (including phenoxy) is 1. The molecule has 1 N–H and O–H groups in total. The third-order valence-electron chi connectivity index (χ3n) is 1.83. The van der Waals surface area contributed by atoms with Gasteiger partial charge in [0.05, 0.1) is 7.11 Å². The SMILES string of the molecule is COc1c[nH]c2ccc(Br)cc12. The van der Waals surface area contributed by atoms with Crippen LogP contribution in [0.15, 0.2) is 28.9 Å². The van der Waals surface area contributed by atoms with Gasteiger partial charge in [0.1, 0.15) is 5.75 Å². The Morgan fingerprint density at radius 3 is 3.00 bits per heavy atom. The number of fused-ring (bicyclic) bond motifs is 1. The third kappa shape index (κ3) is 1.10. The molecule has 0 amide bonds. The van der Waals surface area contributed by atoms with E-state index >= 15 is 0 Å². The topological polar surface area (TPSA) is 25.0 Å². The highest BCUT2D eigenvalue weighted by molar-refractivity contribution is 9.10. The van der Waals surface area contributed by atoms with Crippen LogP contribution < -0.4 is 4.74 Å². The maximum Gasteiger partial charge on any atom is 0.144 e. The maximum absolute atomic E-state index is 5.17. The van der Waals surface area contributed by atoms with Crippen molar-refractivity contribution in [3.63, 3.8) is 0 Å². The summed E-state index contributed by atoms with van der Waals surface area (Å²) in [4.78, 5) is 3.12. The number of benzene rings is 1. The Morgan fingerprint density at radius 1 is 1.42 bits per heavy atom. The molecule has 2 aromatic rings. The van der Waals surface area contributed by atoms with Gasteiger partial charge in [-0.3, -0.25) is 0 Å². The fourth-order valence-electron chi connectivity index (χ4n) is 1.24. The quantitative estimate of drug-likeness (QED) is 0.794. The first-order valence-corrected chi connectivity index (χ1v) is 4.41. The zero-order valence-corrected chi connectivity index (χ0v) is 8.18. The summed E-state index contributed by atoms with van der Waals surface area (Å²) in [6.07, 6.45) is 1.86. The Balaban J connectivity index is 2.75. The molecule has 0 saturated heterocycles. The average molecular weight is 226 g/mol. The van der Waals surface area contributed by atoms with E-state index in [9.17, 15) is 0 Å². The first-order valence-electron chi connectivity index (χ1n) is 3.62. The van der Waals surface area contributed by atoms with Crippen LogP contribution in [0.5, 0.6) is 5.75 Å². The lowest BCUT2D eigenvalue weighted by Crippen LogP contribution is -1.78. The second kappa shape index (κ2) is 2.83. The summed E-state index contributed by atoms with van der Waals surface area (Å²) < 4.78 is 6.23. The fraction of sp³-hybridized carbons (Fsp3) is 0.111. The summed E-state index contributed by atoms with van der Waals surface area (Å²) in [5, 5.41) is 1.10. The Labute approximate surface area is 78.7 Å². The van der Waals surface area contributed by atoms with Crippen LogP contribution >= 0.6 is 15.9 Å². The van der Waals surface area contributed by atoms with E-state index in [0.717, 1.165) is 21.1 Å². The molecule has 0 atom stereocenters. The average Bonchev–Trinajstić information content (AvgIpc) is 2.46. The molecule has 0 aliphatic rings. The molecule has 0 bridgehead atoms. The molecule has 62 valence electrons. The highest BCUT2D eigenvalue weighted by atomic mass is 79.9. The van der Waals surface area contributed by atoms with Crippen molar-refractivity contribution in [3.8, 4) is 5.75 Å². The molecule has 0 unspecified atom stereocenters. The molecule has 3 heteroatoms. The van der Waals surface area contributed by atoms with Crippen molar-refractivity contribution in [1.82, 2.24) is 4.98 Å². The van der Waals surface area contributed by atoms with Gasteiger partial charge in [0.25, 0.3) is 0 Å². The lowest BCUT2D eigenvalue weighted by atomic mass is 10.2. The van der Waals surface area contributed by atoms with Crippen molar-refractivity contribution >= 4 is 26.8 Å². The van der Waals surface area contributed by atoms with E-state index < -0.39 is 0 Å². The third-order valence-corrected chi connectivity index (χ3v) is 2.32. The van der Waals surface area contributed by atoms with Crippen LogP contribution in [0.1, 0.15) is 0 Å². The van der Waals surface area contributed by atoms with Gasteiger partial charge < -0.3 is 9.72 Å². The van der Waals surface area contributed by atoms with E-state index in [0.29, 0.717) is 0 Å². The molecule has 1 heterocycles. The van der Waals surface area contributed by atoms with E-state index in [1.54, 1.807) is 7.11 Å². The Hall–Kier alpha value is -0.960. The predicted octanol–water partition coefficient (Wildman–Crippen LogP) is 2.94. The monoisotopic (exact) mass is 225 g/mol. The number of rotatable bonds is 1. The van der Waals surface area contributed by atoms with Gasteiger partial charge >= 0.3 is 0 Å². The standard InChI is InChI=1S/C9H8BrNO/c1-12-9-5-11-8-3-2-6(10)4-7(8)9/h2-5,11H,1H3. The summed E-state index contributed by atoms with van der Waals surface area (Å²) in [6.45, 7) is 0. The van der Waals surface area contributed by atoms with E-state index in [1.807, 2.05) is 24.4 Å². The van der Waals surface area contributed by atoms with Crippen LogP contribution in [-0.2, 0) is 0 Å². The lowest BCUT2D eigenvalue weighted by molar-refractivity contribution is 0.419. The van der Waals surface area contributed by atoms with Crippen molar-refractivity contribution in [3.05, 3.63) is 28.9 Å². The first kappa shape index (κ1) is 7.68. The molecule has 0 saturated carbocycles. The molecule has 0 fully saturated rings. The highest BCUT2D eigenvalue weighted by Crippen LogP contribution is 2.27. The van der Waals surface area contributed by atoms with Gasteiger partial charge in [-0.05, 0) is 18.2 Å². The van der Waals surface area contributed by atoms with E-state index in [2.05, 4.69) is 20.9 Å². The van der Waals surface area contributed by atoms with Gasteiger partial charge in [0, 0.05) is 21.6 Å². The molecule has 0 radical (unpaired) electrons. The minimum atomic E-state index is 0.881. The second-order valence-corrected chi connectivity index (χ2v) is 3.46. The van der Waals surface area contributed by atoms with Crippen LogP contribution in [0.25, 0.3) is 10.9 Å². The van der Waals surface area contributed by atoms with Gasteiger partial charge in [0.2, 0.25) is 0 Å². The zero-order chi connectivity index (χ0) is 8.55. The number of halogens is 1. The van der Waals surface area contributed by atoms with Gasteiger partial charge in [0.15, 0.2) is 0 Å². The lowest BCUT2D eigenvalue weighted by Gasteiger charge is -1.95. The molecule has 12 heavy (non-hydrogen) atoms. The fourth-order valence-corrected chi connectivity index (χ4v) is 1.60. The van der Waals surface area contributed by atoms with E-state index in [-0.39, 0.29) is 0 Å². The predicted molar refractivity (Wildman–Crippen MR) is 52.6 cm³/mol. The Kier molecular flexibility index (Phi) is 1.81. The molecule has 0 spiro atoms. The molecular weight excluding hydrogens is 218 g/mol. The highest BCUT2D eigenvalue weighted by Gasteiger charge is 2.02. The van der Waals surface area contributed by atoms with Crippen LogP contribution in [0.2, 0.25) is 0 Å². The van der Waals surface area contributed by atoms with Crippen molar-refractivity contribution in [2.75, 3.05) is 7.11 Å².